The van der Waals surface area contributed by atoms with Crippen LogP contribution in [0.5, 0.6) is 5.75 Å². The Balaban J connectivity index is 2.13. The largest absolute Gasteiger partial charge is 0.497 e. The predicted molar refractivity (Wildman–Crippen MR) is 93.3 cm³/mol. The molecule has 24 heavy (non-hydrogen) atoms. The summed E-state index contributed by atoms with van der Waals surface area (Å²) in [5, 5.41) is 12.2. The molecule has 2 N–H and O–H groups in total. The highest BCUT2D eigenvalue weighted by atomic mass is 16.5. The molecule has 0 unspecified atom stereocenters. The molecule has 0 aliphatic carbocycles. The van der Waals surface area contributed by atoms with Crippen LogP contribution in [0.2, 0.25) is 0 Å². The number of aliphatic hydroxyl groups is 1. The van der Waals surface area contributed by atoms with Gasteiger partial charge in [0.15, 0.2) is 17.3 Å². The molecule has 1 aromatic carbocycles. The number of imidazole rings is 1. The molecule has 3 aromatic rings. The van der Waals surface area contributed by atoms with Crippen molar-refractivity contribution in [1.82, 2.24) is 19.5 Å². The van der Waals surface area contributed by atoms with E-state index in [0.29, 0.717) is 23.7 Å². The van der Waals surface area contributed by atoms with E-state index in [4.69, 9.17) is 14.8 Å². The standard InChI is InChI=1S/C17H21N5O2/c1-11(2)22-10-19-14-16(18-8-9-23)20-15(21-17(14)22)12-4-6-13(24-3)7-5-12/h4-7,10-11,23H,8-9H2,1-3H3,(H,18,20,21). The summed E-state index contributed by atoms with van der Waals surface area (Å²) in [4.78, 5) is 13.7. The second-order valence-corrected chi connectivity index (χ2v) is 5.69. The SMILES string of the molecule is COc1ccc(-c2nc(NCCO)c3ncn(C(C)C)c3n2)cc1. The summed E-state index contributed by atoms with van der Waals surface area (Å²) in [6, 6.07) is 7.84. The Morgan fingerprint density at radius 1 is 1.21 bits per heavy atom. The van der Waals surface area contributed by atoms with Crippen LogP contribution in [0.15, 0.2) is 30.6 Å². The minimum atomic E-state index is 0.0221. The van der Waals surface area contributed by atoms with E-state index in [9.17, 15) is 0 Å². The Hall–Kier alpha value is -2.67. The number of nitrogens with zero attached hydrogens (tertiary/aromatic N) is 4. The van der Waals surface area contributed by atoms with Gasteiger partial charge < -0.3 is 19.7 Å². The van der Waals surface area contributed by atoms with Gasteiger partial charge in [0.2, 0.25) is 0 Å². The van der Waals surface area contributed by atoms with Gasteiger partial charge in [-0.3, -0.25) is 0 Å². The second kappa shape index (κ2) is 6.84. The zero-order valence-corrected chi connectivity index (χ0v) is 14.0. The third-order valence-electron chi connectivity index (χ3n) is 3.73. The molecular formula is C17H21N5O2. The molecule has 0 fully saturated rings. The summed E-state index contributed by atoms with van der Waals surface area (Å²) < 4.78 is 7.20. The van der Waals surface area contributed by atoms with Crippen molar-refractivity contribution in [1.29, 1.82) is 0 Å². The van der Waals surface area contributed by atoms with Crippen LogP contribution >= 0.6 is 0 Å². The Morgan fingerprint density at radius 2 is 1.96 bits per heavy atom. The zero-order chi connectivity index (χ0) is 17.1. The zero-order valence-electron chi connectivity index (χ0n) is 14.0. The molecule has 0 amide bonds. The number of hydrogen-bond acceptors (Lipinski definition) is 6. The van der Waals surface area contributed by atoms with Crippen LogP contribution in [0.3, 0.4) is 0 Å². The summed E-state index contributed by atoms with van der Waals surface area (Å²) in [5.41, 5.74) is 2.36. The average Bonchev–Trinajstić information content (AvgIpc) is 3.04. The maximum atomic E-state index is 9.09. The molecule has 2 aromatic heterocycles. The Kier molecular flexibility index (Phi) is 4.61. The molecule has 0 aliphatic heterocycles. The smallest absolute Gasteiger partial charge is 0.166 e. The number of fused-ring (bicyclic) bond motifs is 1. The van der Waals surface area contributed by atoms with E-state index in [2.05, 4.69) is 29.1 Å². The fourth-order valence-corrected chi connectivity index (χ4v) is 2.46. The highest BCUT2D eigenvalue weighted by Gasteiger charge is 2.15. The van der Waals surface area contributed by atoms with E-state index in [1.807, 2.05) is 28.8 Å². The third kappa shape index (κ3) is 3.03. The Morgan fingerprint density at radius 3 is 2.58 bits per heavy atom. The molecular weight excluding hydrogens is 306 g/mol. The molecule has 7 nitrogen and oxygen atoms in total. The van der Waals surface area contributed by atoms with Gasteiger partial charge in [0, 0.05) is 18.2 Å². The van der Waals surface area contributed by atoms with Gasteiger partial charge in [-0.1, -0.05) is 0 Å². The van der Waals surface area contributed by atoms with E-state index in [0.717, 1.165) is 17.0 Å². The molecule has 7 heteroatoms. The lowest BCUT2D eigenvalue weighted by Crippen LogP contribution is -2.09. The molecule has 0 bridgehead atoms. The summed E-state index contributed by atoms with van der Waals surface area (Å²) >= 11 is 0. The molecule has 2 heterocycles. The van der Waals surface area contributed by atoms with Gasteiger partial charge in [0.1, 0.15) is 11.3 Å². The van der Waals surface area contributed by atoms with Gasteiger partial charge >= 0.3 is 0 Å². The predicted octanol–water partition coefficient (Wildman–Crippen LogP) is 2.49. The summed E-state index contributed by atoms with van der Waals surface area (Å²) in [6.45, 7) is 4.59. The topological polar surface area (TPSA) is 85.1 Å². The highest BCUT2D eigenvalue weighted by molar-refractivity contribution is 5.85. The van der Waals surface area contributed by atoms with Gasteiger partial charge in [0.05, 0.1) is 20.0 Å². The Labute approximate surface area is 140 Å². The number of anilines is 1. The van der Waals surface area contributed by atoms with Gasteiger partial charge in [-0.05, 0) is 38.1 Å². The van der Waals surface area contributed by atoms with Crippen LogP contribution in [0.4, 0.5) is 5.82 Å². The molecule has 126 valence electrons. The second-order valence-electron chi connectivity index (χ2n) is 5.69. The molecule has 0 radical (unpaired) electrons. The van der Waals surface area contributed by atoms with Crippen molar-refractivity contribution in [2.24, 2.45) is 0 Å². The van der Waals surface area contributed by atoms with Crippen molar-refractivity contribution in [2.75, 3.05) is 25.6 Å². The number of aliphatic hydroxyl groups excluding tert-OH is 1. The molecule has 0 atom stereocenters. The maximum absolute atomic E-state index is 9.09. The van der Waals surface area contributed by atoms with Gasteiger partial charge in [-0.25, -0.2) is 15.0 Å². The molecule has 3 rings (SSSR count). The first-order chi connectivity index (χ1) is 11.6. The molecule has 0 aliphatic rings. The van der Waals surface area contributed by atoms with Crippen molar-refractivity contribution in [3.05, 3.63) is 30.6 Å². The quantitative estimate of drug-likeness (QED) is 0.723. The third-order valence-corrected chi connectivity index (χ3v) is 3.73. The lowest BCUT2D eigenvalue weighted by molar-refractivity contribution is 0.311. The van der Waals surface area contributed by atoms with Crippen molar-refractivity contribution in [3.63, 3.8) is 0 Å². The number of hydrogen-bond donors (Lipinski definition) is 2. The first kappa shape index (κ1) is 16.2. The van der Waals surface area contributed by atoms with Crippen LogP contribution in [0.25, 0.3) is 22.6 Å². The van der Waals surface area contributed by atoms with Crippen LogP contribution in [0, 0.1) is 0 Å². The van der Waals surface area contributed by atoms with Gasteiger partial charge in [-0.2, -0.15) is 0 Å². The number of rotatable bonds is 6. The maximum Gasteiger partial charge on any atom is 0.166 e. The van der Waals surface area contributed by atoms with Crippen molar-refractivity contribution >= 4 is 17.0 Å². The van der Waals surface area contributed by atoms with Crippen molar-refractivity contribution < 1.29 is 9.84 Å². The number of aromatic nitrogens is 4. The first-order valence-corrected chi connectivity index (χ1v) is 7.87. The number of nitrogens with one attached hydrogen (secondary N) is 1. The minimum Gasteiger partial charge on any atom is -0.497 e. The monoisotopic (exact) mass is 327 g/mol. The van der Waals surface area contributed by atoms with Crippen molar-refractivity contribution in [2.45, 2.75) is 19.9 Å². The molecule has 0 saturated heterocycles. The average molecular weight is 327 g/mol. The summed E-state index contributed by atoms with van der Waals surface area (Å²) in [5.74, 6) is 2.01. The van der Waals surface area contributed by atoms with Crippen LogP contribution in [-0.4, -0.2) is 44.9 Å². The first-order valence-electron chi connectivity index (χ1n) is 7.87. The number of benzene rings is 1. The van der Waals surface area contributed by atoms with E-state index < -0.39 is 0 Å². The van der Waals surface area contributed by atoms with Crippen LogP contribution in [0.1, 0.15) is 19.9 Å². The molecule has 0 spiro atoms. The molecule has 0 saturated carbocycles. The fraction of sp³-hybridized carbons (Fsp3) is 0.353. The normalized spacial score (nSPS) is 11.2. The highest BCUT2D eigenvalue weighted by Crippen LogP contribution is 2.26. The van der Waals surface area contributed by atoms with E-state index in [1.165, 1.54) is 0 Å². The number of methoxy groups -OCH3 is 1. The minimum absolute atomic E-state index is 0.0221. The summed E-state index contributed by atoms with van der Waals surface area (Å²) in [6.07, 6.45) is 1.77. The van der Waals surface area contributed by atoms with E-state index in [1.54, 1.807) is 13.4 Å². The van der Waals surface area contributed by atoms with E-state index >= 15 is 0 Å². The summed E-state index contributed by atoms with van der Waals surface area (Å²) in [7, 11) is 1.63. The van der Waals surface area contributed by atoms with Crippen LogP contribution in [-0.2, 0) is 0 Å². The lowest BCUT2D eigenvalue weighted by atomic mass is 10.2. The number of ether oxygens (including phenoxy) is 1. The lowest BCUT2D eigenvalue weighted by Gasteiger charge is -2.11. The van der Waals surface area contributed by atoms with Gasteiger partial charge in [-0.15, -0.1) is 0 Å². The van der Waals surface area contributed by atoms with Crippen molar-refractivity contribution in [3.8, 4) is 17.1 Å². The Bertz CT molecular complexity index is 827. The van der Waals surface area contributed by atoms with Gasteiger partial charge in [0.25, 0.3) is 0 Å². The van der Waals surface area contributed by atoms with E-state index in [-0.39, 0.29) is 12.6 Å². The fourth-order valence-electron chi connectivity index (χ4n) is 2.46. The van der Waals surface area contributed by atoms with Crippen LogP contribution < -0.4 is 10.1 Å².